The Balaban J connectivity index is 1.79. The molecule has 0 aliphatic heterocycles. The van der Waals surface area contributed by atoms with Crippen molar-refractivity contribution in [2.45, 2.75) is 26.7 Å². The van der Waals surface area contributed by atoms with Gasteiger partial charge in [0, 0.05) is 37.1 Å². The summed E-state index contributed by atoms with van der Waals surface area (Å²) in [6.45, 7) is 4.41. The van der Waals surface area contributed by atoms with Crippen LogP contribution in [0.1, 0.15) is 36.2 Å². The van der Waals surface area contributed by atoms with Crippen LogP contribution in [0, 0.1) is 0 Å². The fourth-order valence-electron chi connectivity index (χ4n) is 3.15. The SMILES string of the molecule is CCNC(=O)Nc1cc(Nc2ccc(CCC(=O)OCC)cc2)c(C(=O)Nc2cccnc2)cn1. The number of benzene rings is 1. The highest BCUT2D eigenvalue weighted by atomic mass is 16.5. The Kier molecular flexibility index (Phi) is 9.12. The molecule has 4 N–H and O–H groups in total. The van der Waals surface area contributed by atoms with E-state index >= 15 is 0 Å². The number of pyridine rings is 2. The largest absolute Gasteiger partial charge is 0.466 e. The van der Waals surface area contributed by atoms with Gasteiger partial charge in [0.15, 0.2) is 0 Å². The molecule has 2 heterocycles. The predicted octanol–water partition coefficient (Wildman–Crippen LogP) is 4.11. The van der Waals surface area contributed by atoms with E-state index in [1.807, 2.05) is 31.2 Å². The fraction of sp³-hybridized carbons (Fsp3) is 0.240. The number of nitrogens with one attached hydrogen (secondary N) is 4. The van der Waals surface area contributed by atoms with E-state index in [4.69, 9.17) is 4.74 Å². The summed E-state index contributed by atoms with van der Waals surface area (Å²) < 4.78 is 4.96. The number of ether oxygens (including phenoxy) is 1. The maximum Gasteiger partial charge on any atom is 0.320 e. The van der Waals surface area contributed by atoms with Crippen molar-refractivity contribution in [3.8, 4) is 0 Å². The van der Waals surface area contributed by atoms with Gasteiger partial charge in [-0.2, -0.15) is 0 Å². The van der Waals surface area contributed by atoms with E-state index in [1.54, 1.807) is 37.5 Å². The molecule has 3 rings (SSSR count). The molecular formula is C25H28N6O4. The van der Waals surface area contributed by atoms with Crippen molar-refractivity contribution in [1.82, 2.24) is 15.3 Å². The standard InChI is InChI=1S/C25H28N6O4/c1-3-27-25(34)31-22-14-21(20(16-28-22)24(33)30-19-6-5-13-26-15-19)29-18-10-7-17(8-11-18)9-12-23(32)35-4-2/h5-8,10-11,13-16H,3-4,9,12H2,1-2H3,(H,30,33)(H3,27,28,29,31,34). The van der Waals surface area contributed by atoms with Crippen LogP contribution in [0.5, 0.6) is 0 Å². The van der Waals surface area contributed by atoms with E-state index in [0.717, 1.165) is 11.3 Å². The number of anilines is 4. The highest BCUT2D eigenvalue weighted by Crippen LogP contribution is 2.25. The van der Waals surface area contributed by atoms with Crippen LogP contribution in [-0.4, -0.2) is 41.0 Å². The highest BCUT2D eigenvalue weighted by molar-refractivity contribution is 6.08. The quantitative estimate of drug-likeness (QED) is 0.324. The molecule has 182 valence electrons. The molecule has 0 fully saturated rings. The zero-order valence-corrected chi connectivity index (χ0v) is 19.6. The minimum absolute atomic E-state index is 0.233. The van der Waals surface area contributed by atoms with Crippen LogP contribution in [0.4, 0.5) is 27.7 Å². The first kappa shape index (κ1) is 25.2. The van der Waals surface area contributed by atoms with Crippen molar-refractivity contribution in [2.75, 3.05) is 29.1 Å². The summed E-state index contributed by atoms with van der Waals surface area (Å²) >= 11 is 0. The Hall–Kier alpha value is -4.47. The Labute approximate surface area is 203 Å². The van der Waals surface area contributed by atoms with Gasteiger partial charge in [-0.1, -0.05) is 12.1 Å². The number of aryl methyl sites for hydroxylation is 1. The first-order valence-corrected chi connectivity index (χ1v) is 11.3. The Morgan fingerprint density at radius 2 is 1.77 bits per heavy atom. The van der Waals surface area contributed by atoms with Crippen molar-refractivity contribution in [2.24, 2.45) is 0 Å². The van der Waals surface area contributed by atoms with E-state index in [2.05, 4.69) is 31.2 Å². The molecule has 0 aliphatic carbocycles. The lowest BCUT2D eigenvalue weighted by Gasteiger charge is -2.14. The molecule has 0 saturated heterocycles. The molecule has 0 unspecified atom stereocenters. The first-order chi connectivity index (χ1) is 17.0. The average molecular weight is 477 g/mol. The van der Waals surface area contributed by atoms with E-state index in [1.165, 1.54) is 6.20 Å². The molecule has 0 atom stereocenters. The van der Waals surface area contributed by atoms with Crippen LogP contribution in [0.25, 0.3) is 0 Å². The summed E-state index contributed by atoms with van der Waals surface area (Å²) in [5.74, 6) is -0.339. The number of amides is 3. The molecule has 0 saturated carbocycles. The van der Waals surface area contributed by atoms with Gasteiger partial charge in [0.25, 0.3) is 5.91 Å². The second-order valence-corrected chi connectivity index (χ2v) is 7.42. The number of aromatic nitrogens is 2. The van der Waals surface area contributed by atoms with Gasteiger partial charge in [-0.15, -0.1) is 0 Å². The summed E-state index contributed by atoms with van der Waals surface area (Å²) in [6.07, 6.45) is 5.41. The predicted molar refractivity (Wildman–Crippen MR) is 134 cm³/mol. The van der Waals surface area contributed by atoms with Crippen molar-refractivity contribution < 1.29 is 19.1 Å². The molecule has 1 aromatic carbocycles. The molecule has 35 heavy (non-hydrogen) atoms. The second kappa shape index (κ2) is 12.7. The molecule has 0 spiro atoms. The maximum absolute atomic E-state index is 13.0. The molecule has 10 heteroatoms. The third-order valence-corrected chi connectivity index (χ3v) is 4.80. The average Bonchev–Trinajstić information content (AvgIpc) is 2.85. The number of nitrogens with zero attached hydrogens (tertiary/aromatic N) is 2. The van der Waals surface area contributed by atoms with Gasteiger partial charge in [-0.3, -0.25) is 19.9 Å². The lowest BCUT2D eigenvalue weighted by Crippen LogP contribution is -2.28. The van der Waals surface area contributed by atoms with Crippen LogP contribution in [0.3, 0.4) is 0 Å². The lowest BCUT2D eigenvalue weighted by atomic mass is 10.1. The first-order valence-electron chi connectivity index (χ1n) is 11.3. The van der Waals surface area contributed by atoms with Crippen LogP contribution in [0.2, 0.25) is 0 Å². The third kappa shape index (κ3) is 7.81. The monoisotopic (exact) mass is 476 g/mol. The zero-order chi connectivity index (χ0) is 25.0. The number of hydrogen-bond acceptors (Lipinski definition) is 7. The van der Waals surface area contributed by atoms with Crippen molar-refractivity contribution >= 4 is 40.8 Å². The molecular weight excluding hydrogens is 448 g/mol. The number of hydrogen-bond donors (Lipinski definition) is 4. The lowest BCUT2D eigenvalue weighted by molar-refractivity contribution is -0.143. The molecule has 0 radical (unpaired) electrons. The summed E-state index contributed by atoms with van der Waals surface area (Å²) in [7, 11) is 0. The zero-order valence-electron chi connectivity index (χ0n) is 19.6. The summed E-state index contributed by atoms with van der Waals surface area (Å²) in [5.41, 5.74) is 2.97. The van der Waals surface area contributed by atoms with Crippen LogP contribution in [0.15, 0.2) is 61.1 Å². The highest BCUT2D eigenvalue weighted by Gasteiger charge is 2.15. The van der Waals surface area contributed by atoms with E-state index in [9.17, 15) is 14.4 Å². The van der Waals surface area contributed by atoms with E-state index < -0.39 is 6.03 Å². The Bertz CT molecular complexity index is 1150. The minimum Gasteiger partial charge on any atom is -0.466 e. The molecule has 0 bridgehead atoms. The van der Waals surface area contributed by atoms with Gasteiger partial charge >= 0.3 is 12.0 Å². The fourth-order valence-corrected chi connectivity index (χ4v) is 3.15. The summed E-state index contributed by atoms with van der Waals surface area (Å²) in [4.78, 5) is 44.7. The van der Waals surface area contributed by atoms with E-state index in [0.29, 0.717) is 37.4 Å². The normalized spacial score (nSPS) is 10.2. The van der Waals surface area contributed by atoms with Crippen LogP contribution >= 0.6 is 0 Å². The van der Waals surface area contributed by atoms with Crippen molar-refractivity contribution in [3.05, 3.63) is 72.2 Å². The number of carbonyl (C=O) groups is 3. The number of urea groups is 1. The third-order valence-electron chi connectivity index (χ3n) is 4.80. The molecule has 3 amide bonds. The summed E-state index contributed by atoms with van der Waals surface area (Å²) in [6, 6.07) is 12.1. The molecule has 3 aromatic rings. The van der Waals surface area contributed by atoms with Gasteiger partial charge in [0.2, 0.25) is 0 Å². The van der Waals surface area contributed by atoms with Gasteiger partial charge in [0.05, 0.1) is 29.7 Å². The minimum atomic E-state index is -0.399. The van der Waals surface area contributed by atoms with Crippen molar-refractivity contribution in [3.63, 3.8) is 0 Å². The molecule has 10 nitrogen and oxygen atoms in total. The van der Waals surface area contributed by atoms with Gasteiger partial charge in [0.1, 0.15) is 5.82 Å². The Morgan fingerprint density at radius 1 is 0.971 bits per heavy atom. The topological polar surface area (TPSA) is 134 Å². The number of esters is 1. The van der Waals surface area contributed by atoms with Gasteiger partial charge in [-0.05, 0) is 50.1 Å². The molecule has 0 aliphatic rings. The number of carbonyl (C=O) groups excluding carboxylic acids is 3. The van der Waals surface area contributed by atoms with Gasteiger partial charge in [-0.25, -0.2) is 9.78 Å². The van der Waals surface area contributed by atoms with Gasteiger partial charge < -0.3 is 20.7 Å². The summed E-state index contributed by atoms with van der Waals surface area (Å²) in [5, 5.41) is 11.3. The molecule has 2 aromatic heterocycles. The van der Waals surface area contributed by atoms with E-state index in [-0.39, 0.29) is 23.3 Å². The smallest absolute Gasteiger partial charge is 0.320 e. The van der Waals surface area contributed by atoms with Crippen molar-refractivity contribution in [1.29, 1.82) is 0 Å². The Morgan fingerprint density at radius 3 is 2.46 bits per heavy atom. The second-order valence-electron chi connectivity index (χ2n) is 7.42. The van der Waals surface area contributed by atoms with Crippen LogP contribution < -0.4 is 21.3 Å². The maximum atomic E-state index is 13.0. The van der Waals surface area contributed by atoms with Crippen LogP contribution in [-0.2, 0) is 16.0 Å². The number of rotatable bonds is 10.